The van der Waals surface area contributed by atoms with Crippen molar-refractivity contribution in [3.8, 4) is 0 Å². The Bertz CT molecular complexity index is 397. The molecule has 20 heavy (non-hydrogen) atoms. The fourth-order valence-electron chi connectivity index (χ4n) is 2.78. The van der Waals surface area contributed by atoms with Crippen molar-refractivity contribution in [3.63, 3.8) is 0 Å². The minimum atomic E-state index is 0.305. The summed E-state index contributed by atoms with van der Waals surface area (Å²) < 4.78 is 0. The fourth-order valence-corrected chi connectivity index (χ4v) is 2.78. The Morgan fingerprint density at radius 3 is 3.00 bits per heavy atom. The van der Waals surface area contributed by atoms with Gasteiger partial charge in [-0.3, -0.25) is 0 Å². The summed E-state index contributed by atoms with van der Waals surface area (Å²) in [6.45, 7) is 5.55. The summed E-state index contributed by atoms with van der Waals surface area (Å²) in [5, 5.41) is 12.4. The highest BCUT2D eigenvalue weighted by molar-refractivity contribution is 5.39. The molecule has 1 atom stereocenters. The normalized spacial score (nSPS) is 19.9. The number of pyridine rings is 1. The van der Waals surface area contributed by atoms with Crippen LogP contribution in [0.25, 0.3) is 0 Å². The standard InChI is InChI=1S/C16H27N3O/c1-14-6-4-8-16(18-14)19-11-5-7-15(9-12-19)17-10-2-3-13-20/h4,6,8,15,17,20H,2-3,5,7,9-13H2,1H3. The van der Waals surface area contributed by atoms with Crippen LogP contribution in [0.1, 0.15) is 37.8 Å². The van der Waals surface area contributed by atoms with Gasteiger partial charge in [0, 0.05) is 31.4 Å². The molecule has 1 fully saturated rings. The van der Waals surface area contributed by atoms with Crippen LogP contribution in [-0.4, -0.2) is 42.4 Å². The molecule has 4 nitrogen and oxygen atoms in total. The van der Waals surface area contributed by atoms with Gasteiger partial charge in [-0.05, 0) is 57.7 Å². The summed E-state index contributed by atoms with van der Waals surface area (Å²) in [6, 6.07) is 6.87. The van der Waals surface area contributed by atoms with Crippen LogP contribution in [0.2, 0.25) is 0 Å². The summed E-state index contributed by atoms with van der Waals surface area (Å²) in [5.74, 6) is 1.12. The SMILES string of the molecule is Cc1cccc(N2CCCC(NCCCCO)CC2)n1. The van der Waals surface area contributed by atoms with Gasteiger partial charge in [0.05, 0.1) is 0 Å². The number of nitrogens with zero attached hydrogens (tertiary/aromatic N) is 2. The van der Waals surface area contributed by atoms with Crippen molar-refractivity contribution in [1.82, 2.24) is 10.3 Å². The maximum atomic E-state index is 8.79. The largest absolute Gasteiger partial charge is 0.396 e. The molecular formula is C16H27N3O. The van der Waals surface area contributed by atoms with Crippen molar-refractivity contribution in [2.24, 2.45) is 0 Å². The minimum absolute atomic E-state index is 0.305. The van der Waals surface area contributed by atoms with Crippen molar-refractivity contribution >= 4 is 5.82 Å². The van der Waals surface area contributed by atoms with Crippen LogP contribution in [0, 0.1) is 6.92 Å². The third-order valence-corrected chi connectivity index (χ3v) is 3.94. The van der Waals surface area contributed by atoms with Crippen molar-refractivity contribution < 1.29 is 5.11 Å². The number of aliphatic hydroxyl groups is 1. The number of unbranched alkanes of at least 4 members (excludes halogenated alkanes) is 1. The van der Waals surface area contributed by atoms with E-state index in [9.17, 15) is 0 Å². The van der Waals surface area contributed by atoms with Crippen LogP contribution in [0.4, 0.5) is 5.82 Å². The number of nitrogens with one attached hydrogen (secondary N) is 1. The second kappa shape index (κ2) is 8.22. The molecule has 0 bridgehead atoms. The lowest BCUT2D eigenvalue weighted by Crippen LogP contribution is -2.32. The van der Waals surface area contributed by atoms with E-state index in [0.717, 1.165) is 44.0 Å². The zero-order valence-corrected chi connectivity index (χ0v) is 12.5. The Kier molecular flexibility index (Phi) is 6.27. The molecule has 2 rings (SSSR count). The fraction of sp³-hybridized carbons (Fsp3) is 0.688. The van der Waals surface area contributed by atoms with E-state index < -0.39 is 0 Å². The van der Waals surface area contributed by atoms with Crippen LogP contribution in [0.3, 0.4) is 0 Å². The summed E-state index contributed by atoms with van der Waals surface area (Å²) in [4.78, 5) is 7.03. The van der Waals surface area contributed by atoms with E-state index in [1.807, 2.05) is 13.0 Å². The molecular weight excluding hydrogens is 250 g/mol. The van der Waals surface area contributed by atoms with Gasteiger partial charge in [-0.2, -0.15) is 0 Å². The second-order valence-electron chi connectivity index (χ2n) is 5.64. The predicted octanol–water partition coefficient (Wildman–Crippen LogP) is 2.11. The smallest absolute Gasteiger partial charge is 0.128 e. The molecule has 4 heteroatoms. The van der Waals surface area contributed by atoms with Gasteiger partial charge in [0.15, 0.2) is 0 Å². The number of rotatable bonds is 6. The van der Waals surface area contributed by atoms with Crippen molar-refractivity contribution in [3.05, 3.63) is 23.9 Å². The van der Waals surface area contributed by atoms with Crippen LogP contribution in [0.5, 0.6) is 0 Å². The monoisotopic (exact) mass is 277 g/mol. The Labute approximate surface area is 122 Å². The molecule has 1 aromatic rings. The van der Waals surface area contributed by atoms with Gasteiger partial charge in [-0.1, -0.05) is 6.07 Å². The quantitative estimate of drug-likeness (QED) is 0.782. The maximum Gasteiger partial charge on any atom is 0.128 e. The van der Waals surface area contributed by atoms with Gasteiger partial charge < -0.3 is 15.3 Å². The number of hydrogen-bond acceptors (Lipinski definition) is 4. The minimum Gasteiger partial charge on any atom is -0.396 e. The van der Waals surface area contributed by atoms with E-state index in [1.165, 1.54) is 19.3 Å². The molecule has 1 aliphatic heterocycles. The van der Waals surface area contributed by atoms with Gasteiger partial charge in [0.25, 0.3) is 0 Å². The first-order chi connectivity index (χ1) is 9.79. The molecule has 0 aromatic carbocycles. The molecule has 0 spiro atoms. The highest BCUT2D eigenvalue weighted by Crippen LogP contribution is 2.18. The molecule has 1 saturated heterocycles. The summed E-state index contributed by atoms with van der Waals surface area (Å²) in [7, 11) is 0. The molecule has 0 amide bonds. The number of hydrogen-bond donors (Lipinski definition) is 2. The topological polar surface area (TPSA) is 48.4 Å². The van der Waals surface area contributed by atoms with E-state index in [2.05, 4.69) is 27.3 Å². The van der Waals surface area contributed by atoms with Gasteiger partial charge in [-0.25, -0.2) is 4.98 Å². The third-order valence-electron chi connectivity index (χ3n) is 3.94. The summed E-state index contributed by atoms with van der Waals surface area (Å²) in [6.07, 6.45) is 5.60. The lowest BCUT2D eigenvalue weighted by atomic mass is 10.1. The summed E-state index contributed by atoms with van der Waals surface area (Å²) in [5.41, 5.74) is 1.09. The van der Waals surface area contributed by atoms with Crippen molar-refractivity contribution in [1.29, 1.82) is 0 Å². The van der Waals surface area contributed by atoms with Crippen LogP contribution >= 0.6 is 0 Å². The van der Waals surface area contributed by atoms with Gasteiger partial charge >= 0.3 is 0 Å². The van der Waals surface area contributed by atoms with E-state index in [1.54, 1.807) is 0 Å². The lowest BCUT2D eigenvalue weighted by Gasteiger charge is -2.22. The average molecular weight is 277 g/mol. The zero-order chi connectivity index (χ0) is 14.2. The highest BCUT2D eigenvalue weighted by Gasteiger charge is 2.17. The van der Waals surface area contributed by atoms with E-state index in [0.29, 0.717) is 12.6 Å². The highest BCUT2D eigenvalue weighted by atomic mass is 16.2. The first-order valence-corrected chi connectivity index (χ1v) is 7.82. The Hall–Kier alpha value is -1.13. The molecule has 0 saturated carbocycles. The first kappa shape index (κ1) is 15.3. The number of aromatic nitrogens is 1. The van der Waals surface area contributed by atoms with Crippen LogP contribution in [0.15, 0.2) is 18.2 Å². The van der Waals surface area contributed by atoms with Crippen LogP contribution in [-0.2, 0) is 0 Å². The van der Waals surface area contributed by atoms with E-state index >= 15 is 0 Å². The maximum absolute atomic E-state index is 8.79. The number of aliphatic hydroxyl groups excluding tert-OH is 1. The molecule has 112 valence electrons. The summed E-state index contributed by atoms with van der Waals surface area (Å²) >= 11 is 0. The lowest BCUT2D eigenvalue weighted by molar-refractivity contribution is 0.282. The molecule has 0 radical (unpaired) electrons. The van der Waals surface area contributed by atoms with E-state index in [4.69, 9.17) is 5.11 Å². The Morgan fingerprint density at radius 2 is 2.20 bits per heavy atom. The average Bonchev–Trinajstić information content (AvgIpc) is 2.69. The second-order valence-corrected chi connectivity index (χ2v) is 5.64. The van der Waals surface area contributed by atoms with Crippen molar-refractivity contribution in [2.75, 3.05) is 31.1 Å². The Balaban J connectivity index is 1.80. The Morgan fingerprint density at radius 1 is 1.30 bits per heavy atom. The van der Waals surface area contributed by atoms with Gasteiger partial charge in [0.1, 0.15) is 5.82 Å². The molecule has 1 aromatic heterocycles. The first-order valence-electron chi connectivity index (χ1n) is 7.82. The van der Waals surface area contributed by atoms with Gasteiger partial charge in [-0.15, -0.1) is 0 Å². The third kappa shape index (κ3) is 4.76. The van der Waals surface area contributed by atoms with E-state index in [-0.39, 0.29) is 0 Å². The molecule has 2 N–H and O–H groups in total. The zero-order valence-electron chi connectivity index (χ0n) is 12.5. The molecule has 1 aliphatic rings. The number of anilines is 1. The van der Waals surface area contributed by atoms with Gasteiger partial charge in [0.2, 0.25) is 0 Å². The molecule has 1 unspecified atom stereocenters. The van der Waals surface area contributed by atoms with Crippen molar-refractivity contribution in [2.45, 2.75) is 45.1 Å². The number of aryl methyl sites for hydroxylation is 1. The molecule has 0 aliphatic carbocycles. The molecule has 2 heterocycles. The van der Waals surface area contributed by atoms with Crippen LogP contribution < -0.4 is 10.2 Å². The predicted molar refractivity (Wildman–Crippen MR) is 83.1 cm³/mol.